The Morgan fingerprint density at radius 2 is 1.86 bits per heavy atom. The summed E-state index contributed by atoms with van der Waals surface area (Å²) in [5.74, 6) is -0.187. The molecule has 0 heterocycles. The van der Waals surface area contributed by atoms with Crippen molar-refractivity contribution in [2.24, 2.45) is 34.5 Å². The first-order valence-corrected chi connectivity index (χ1v) is 11.0. The number of hydrogen-bond acceptors (Lipinski definition) is 6. The van der Waals surface area contributed by atoms with Crippen LogP contribution in [0.15, 0.2) is 0 Å². The van der Waals surface area contributed by atoms with Crippen LogP contribution in [0.4, 0.5) is 0 Å². The minimum absolute atomic E-state index is 0.0849. The summed E-state index contributed by atoms with van der Waals surface area (Å²) in [5, 5.41) is 11.4. The van der Waals surface area contributed by atoms with Crippen LogP contribution in [0, 0.1) is 34.5 Å². The first-order valence-electron chi connectivity index (χ1n) is 11.0. The topological polar surface area (TPSA) is 97.7 Å². The Bertz CT molecular complexity index is 773. The van der Waals surface area contributed by atoms with Crippen molar-refractivity contribution in [2.75, 3.05) is 6.61 Å². The summed E-state index contributed by atoms with van der Waals surface area (Å²) in [6.45, 7) is 4.86. The van der Waals surface area contributed by atoms with Crippen molar-refractivity contribution >= 4 is 23.3 Å². The molecule has 0 spiro atoms. The van der Waals surface area contributed by atoms with Crippen LogP contribution in [0.3, 0.4) is 0 Å². The van der Waals surface area contributed by atoms with E-state index in [2.05, 4.69) is 6.92 Å². The van der Waals surface area contributed by atoms with Crippen LogP contribution >= 0.6 is 0 Å². The molecule has 0 bridgehead atoms. The largest absolute Gasteiger partial charge is 0.458 e. The third-order valence-electron chi connectivity index (χ3n) is 9.19. The lowest BCUT2D eigenvalue weighted by Crippen LogP contribution is -2.62. The van der Waals surface area contributed by atoms with Gasteiger partial charge in [0.1, 0.15) is 17.2 Å². The van der Waals surface area contributed by atoms with Crippen LogP contribution in [-0.2, 0) is 23.9 Å². The Morgan fingerprint density at radius 3 is 2.55 bits per heavy atom. The van der Waals surface area contributed by atoms with Crippen molar-refractivity contribution in [2.45, 2.75) is 77.7 Å². The molecule has 7 atom stereocenters. The monoisotopic (exact) mass is 404 g/mol. The van der Waals surface area contributed by atoms with Gasteiger partial charge in [-0.05, 0) is 55.3 Å². The van der Waals surface area contributed by atoms with E-state index in [0.717, 1.165) is 19.3 Å². The summed E-state index contributed by atoms with van der Waals surface area (Å²) in [6, 6.07) is 0. The molecule has 1 N–H and O–H groups in total. The Kier molecular flexibility index (Phi) is 4.80. The number of ketones is 3. The maximum absolute atomic E-state index is 13.5. The predicted octanol–water partition coefficient (Wildman–Crippen LogP) is 2.64. The number of carbonyl (C=O) groups excluding carboxylic acids is 4. The van der Waals surface area contributed by atoms with E-state index in [1.807, 2.05) is 6.92 Å². The van der Waals surface area contributed by atoms with E-state index in [1.54, 1.807) is 0 Å². The molecule has 0 saturated heterocycles. The van der Waals surface area contributed by atoms with Gasteiger partial charge in [-0.1, -0.05) is 13.8 Å². The molecule has 0 aromatic carbocycles. The molecule has 0 aromatic rings. The average Bonchev–Trinajstić information content (AvgIpc) is 2.91. The van der Waals surface area contributed by atoms with Gasteiger partial charge in [-0.25, -0.2) is 0 Å². The molecule has 0 aliphatic heterocycles. The molecule has 6 heteroatoms. The summed E-state index contributed by atoms with van der Waals surface area (Å²) in [6.07, 6.45) is 4.90. The van der Waals surface area contributed by atoms with Gasteiger partial charge in [0, 0.05) is 37.5 Å². The lowest BCUT2D eigenvalue weighted by atomic mass is 9.44. The number of aliphatic hydroxyl groups is 1. The fraction of sp³-hybridized carbons (Fsp3) is 0.826. The summed E-state index contributed by atoms with van der Waals surface area (Å²) in [4.78, 5) is 49.5. The lowest BCUT2D eigenvalue weighted by molar-refractivity contribution is -0.180. The molecule has 4 aliphatic carbocycles. The number of hydrogen-bond donors (Lipinski definition) is 1. The van der Waals surface area contributed by atoms with Gasteiger partial charge in [0.25, 0.3) is 0 Å². The molecule has 5 unspecified atom stereocenters. The molecule has 4 saturated carbocycles. The van der Waals surface area contributed by atoms with Gasteiger partial charge >= 0.3 is 5.97 Å². The van der Waals surface area contributed by atoms with Crippen molar-refractivity contribution in [3.8, 4) is 0 Å². The number of carbonyl (C=O) groups is 4. The second-order valence-electron chi connectivity index (χ2n) is 10.4. The SMILES string of the molecule is CC(=O)OCC(=O)[C@@]1(O)CCC2C3CC[C@H]4CC(=O)CCC4(C)C3C(=O)CC21C. The van der Waals surface area contributed by atoms with Crippen molar-refractivity contribution in [3.05, 3.63) is 0 Å². The highest BCUT2D eigenvalue weighted by molar-refractivity contribution is 5.93. The zero-order valence-corrected chi connectivity index (χ0v) is 17.7. The molecule has 4 fully saturated rings. The highest BCUT2D eigenvalue weighted by Gasteiger charge is 2.69. The van der Waals surface area contributed by atoms with Gasteiger partial charge in [-0.2, -0.15) is 0 Å². The van der Waals surface area contributed by atoms with E-state index >= 15 is 0 Å². The number of ether oxygens (including phenoxy) is 1. The molecule has 6 nitrogen and oxygen atoms in total. The van der Waals surface area contributed by atoms with Gasteiger partial charge in [0.15, 0.2) is 6.61 Å². The van der Waals surface area contributed by atoms with Crippen LogP contribution in [0.25, 0.3) is 0 Å². The molecule has 0 aromatic heterocycles. The number of Topliss-reactive ketones (excluding diaryl/α,β-unsaturated/α-hetero) is 3. The first-order chi connectivity index (χ1) is 13.5. The maximum Gasteiger partial charge on any atom is 0.303 e. The van der Waals surface area contributed by atoms with Gasteiger partial charge in [0.05, 0.1) is 0 Å². The molecule has 4 rings (SSSR count). The number of esters is 1. The predicted molar refractivity (Wildman–Crippen MR) is 104 cm³/mol. The lowest BCUT2D eigenvalue weighted by Gasteiger charge is -2.59. The highest BCUT2D eigenvalue weighted by Crippen LogP contribution is 2.67. The molecule has 0 amide bonds. The molecular weight excluding hydrogens is 372 g/mol. The minimum Gasteiger partial charge on any atom is -0.458 e. The summed E-state index contributed by atoms with van der Waals surface area (Å²) in [5.41, 5.74) is -2.61. The van der Waals surface area contributed by atoms with E-state index in [4.69, 9.17) is 4.74 Å². The normalized spacial score (nSPS) is 46.5. The van der Waals surface area contributed by atoms with Crippen LogP contribution in [0.2, 0.25) is 0 Å². The molecular formula is C23H32O6. The standard InChI is InChI=1S/C23H32O6/c1-13(24)29-12-19(27)23(28)9-7-17-16-5-4-14-10-15(25)6-8-21(14,2)20(16)18(26)11-22(17,23)3/h14,16-17,20,28H,4-12H2,1-3H3/t14-,16?,17?,20?,21?,22?,23-/m0/s1. The zero-order valence-electron chi connectivity index (χ0n) is 17.7. The average molecular weight is 405 g/mol. The second-order valence-corrected chi connectivity index (χ2v) is 10.4. The molecule has 0 radical (unpaired) electrons. The van der Waals surface area contributed by atoms with Gasteiger partial charge < -0.3 is 9.84 Å². The van der Waals surface area contributed by atoms with Crippen LogP contribution in [0.5, 0.6) is 0 Å². The quantitative estimate of drug-likeness (QED) is 0.726. The van der Waals surface area contributed by atoms with E-state index in [1.165, 1.54) is 6.92 Å². The Balaban J connectivity index is 1.64. The third-order valence-corrected chi connectivity index (χ3v) is 9.19. The van der Waals surface area contributed by atoms with Gasteiger partial charge in [-0.15, -0.1) is 0 Å². The Morgan fingerprint density at radius 1 is 1.14 bits per heavy atom. The van der Waals surface area contributed by atoms with E-state index in [9.17, 15) is 24.3 Å². The molecule has 160 valence electrons. The van der Waals surface area contributed by atoms with Crippen LogP contribution in [0.1, 0.15) is 72.1 Å². The maximum atomic E-state index is 13.5. The van der Waals surface area contributed by atoms with Gasteiger partial charge in [-0.3, -0.25) is 19.2 Å². The van der Waals surface area contributed by atoms with Crippen LogP contribution in [-0.4, -0.2) is 40.6 Å². The van der Waals surface area contributed by atoms with Crippen molar-refractivity contribution in [1.29, 1.82) is 0 Å². The number of rotatable bonds is 3. The molecule has 29 heavy (non-hydrogen) atoms. The fourth-order valence-electron chi connectivity index (χ4n) is 7.61. The second kappa shape index (κ2) is 6.73. The van der Waals surface area contributed by atoms with E-state index in [0.29, 0.717) is 31.5 Å². The summed E-state index contributed by atoms with van der Waals surface area (Å²) >= 11 is 0. The molecule has 4 aliphatic rings. The Hall–Kier alpha value is -1.56. The third kappa shape index (κ3) is 2.85. The zero-order chi connectivity index (χ0) is 21.2. The van der Waals surface area contributed by atoms with E-state index in [-0.39, 0.29) is 41.3 Å². The van der Waals surface area contributed by atoms with Crippen molar-refractivity contribution in [3.63, 3.8) is 0 Å². The van der Waals surface area contributed by atoms with Gasteiger partial charge in [0.2, 0.25) is 5.78 Å². The highest BCUT2D eigenvalue weighted by atomic mass is 16.5. The van der Waals surface area contributed by atoms with Crippen LogP contribution < -0.4 is 0 Å². The summed E-state index contributed by atoms with van der Waals surface area (Å²) < 4.78 is 4.87. The van der Waals surface area contributed by atoms with Crippen molar-refractivity contribution in [1.82, 2.24) is 0 Å². The first kappa shape index (κ1) is 20.7. The Labute approximate surface area is 171 Å². The number of fused-ring (bicyclic) bond motifs is 5. The smallest absolute Gasteiger partial charge is 0.303 e. The van der Waals surface area contributed by atoms with E-state index < -0.39 is 29.4 Å². The minimum atomic E-state index is -1.63. The summed E-state index contributed by atoms with van der Waals surface area (Å²) in [7, 11) is 0. The van der Waals surface area contributed by atoms with Crippen molar-refractivity contribution < 1.29 is 29.0 Å². The fourth-order valence-corrected chi connectivity index (χ4v) is 7.61.